The van der Waals surface area contributed by atoms with Crippen molar-refractivity contribution in [3.8, 4) is 11.5 Å². The minimum absolute atomic E-state index is 0.0671. The number of nitrogens with one attached hydrogen (secondary N) is 1. The standard InChI is InChI=1S/C18H17N3O5S/c1-13-7-9-14(10-8-13)18-21-20-16(26-18)12-25-17(22)11-19-27(23,24)15-5-3-2-4-6-15/h2-10,19H,11-12H2,1H3. The van der Waals surface area contributed by atoms with E-state index < -0.39 is 22.5 Å². The van der Waals surface area contributed by atoms with Crippen LogP contribution in [0.3, 0.4) is 0 Å². The number of esters is 1. The van der Waals surface area contributed by atoms with Crippen LogP contribution in [0.2, 0.25) is 0 Å². The van der Waals surface area contributed by atoms with Gasteiger partial charge in [-0.3, -0.25) is 4.79 Å². The number of carbonyl (C=O) groups is 1. The molecule has 0 amide bonds. The molecule has 0 spiro atoms. The summed E-state index contributed by atoms with van der Waals surface area (Å²) in [7, 11) is -3.78. The van der Waals surface area contributed by atoms with Crippen LogP contribution in [0.1, 0.15) is 11.5 Å². The highest BCUT2D eigenvalue weighted by Crippen LogP contribution is 2.18. The van der Waals surface area contributed by atoms with Crippen LogP contribution in [0.4, 0.5) is 0 Å². The van der Waals surface area contributed by atoms with Crippen LogP contribution in [-0.4, -0.2) is 31.1 Å². The van der Waals surface area contributed by atoms with Gasteiger partial charge < -0.3 is 9.15 Å². The van der Waals surface area contributed by atoms with Gasteiger partial charge >= 0.3 is 5.97 Å². The largest absolute Gasteiger partial charge is 0.455 e. The molecule has 8 nitrogen and oxygen atoms in total. The zero-order chi connectivity index (χ0) is 19.3. The van der Waals surface area contributed by atoms with Gasteiger partial charge in [-0.05, 0) is 31.2 Å². The van der Waals surface area contributed by atoms with Gasteiger partial charge in [-0.2, -0.15) is 4.72 Å². The lowest BCUT2D eigenvalue weighted by Crippen LogP contribution is -2.30. The van der Waals surface area contributed by atoms with Crippen LogP contribution < -0.4 is 4.72 Å². The van der Waals surface area contributed by atoms with Gasteiger partial charge in [0.05, 0.1) is 4.90 Å². The van der Waals surface area contributed by atoms with Crippen LogP contribution in [0.5, 0.6) is 0 Å². The lowest BCUT2D eigenvalue weighted by molar-refractivity contribution is -0.144. The molecule has 2 aromatic carbocycles. The second-order valence-corrected chi connectivity index (χ2v) is 7.43. The summed E-state index contributed by atoms with van der Waals surface area (Å²) in [4.78, 5) is 11.8. The third-order valence-electron chi connectivity index (χ3n) is 3.58. The van der Waals surface area contributed by atoms with Gasteiger partial charge in [-0.15, -0.1) is 10.2 Å². The summed E-state index contributed by atoms with van der Waals surface area (Å²) in [5.74, 6) is -0.333. The maximum absolute atomic E-state index is 12.0. The maximum Gasteiger partial charge on any atom is 0.321 e. The van der Waals surface area contributed by atoms with Gasteiger partial charge in [0.25, 0.3) is 5.89 Å². The second kappa shape index (κ2) is 8.11. The van der Waals surface area contributed by atoms with Crippen molar-refractivity contribution in [3.63, 3.8) is 0 Å². The van der Waals surface area contributed by atoms with Gasteiger partial charge in [-0.1, -0.05) is 35.9 Å². The Morgan fingerprint density at radius 3 is 2.48 bits per heavy atom. The van der Waals surface area contributed by atoms with Gasteiger partial charge in [0.2, 0.25) is 15.9 Å². The molecule has 140 valence electrons. The topological polar surface area (TPSA) is 111 Å². The summed E-state index contributed by atoms with van der Waals surface area (Å²) in [6.45, 7) is 1.22. The van der Waals surface area contributed by atoms with Crippen LogP contribution in [-0.2, 0) is 26.2 Å². The first-order valence-electron chi connectivity index (χ1n) is 8.04. The Morgan fingerprint density at radius 2 is 1.78 bits per heavy atom. The van der Waals surface area contributed by atoms with Crippen molar-refractivity contribution in [3.05, 3.63) is 66.1 Å². The number of benzene rings is 2. The Kier molecular flexibility index (Phi) is 5.63. The molecule has 1 aromatic heterocycles. The molecule has 0 aliphatic carbocycles. The number of nitrogens with zero attached hydrogens (tertiary/aromatic N) is 2. The molecule has 0 saturated carbocycles. The van der Waals surface area contributed by atoms with Crippen molar-refractivity contribution in [1.29, 1.82) is 0 Å². The van der Waals surface area contributed by atoms with E-state index >= 15 is 0 Å². The predicted octanol–water partition coefficient (Wildman–Crippen LogP) is 2.07. The molecule has 0 fully saturated rings. The number of aryl methyl sites for hydroxylation is 1. The minimum atomic E-state index is -3.78. The molecule has 27 heavy (non-hydrogen) atoms. The molecule has 0 bridgehead atoms. The van der Waals surface area contributed by atoms with Crippen LogP contribution in [0.25, 0.3) is 11.5 Å². The van der Waals surface area contributed by atoms with Crippen molar-refractivity contribution in [2.24, 2.45) is 0 Å². The molecule has 1 heterocycles. The molecule has 9 heteroatoms. The Labute approximate surface area is 156 Å². The minimum Gasteiger partial charge on any atom is -0.455 e. The van der Waals surface area contributed by atoms with Gasteiger partial charge in [0, 0.05) is 5.56 Å². The Bertz CT molecular complexity index is 1010. The lowest BCUT2D eigenvalue weighted by atomic mass is 10.1. The molecular weight excluding hydrogens is 370 g/mol. The number of ether oxygens (including phenoxy) is 1. The normalized spacial score (nSPS) is 11.3. The number of sulfonamides is 1. The molecule has 0 unspecified atom stereocenters. The zero-order valence-electron chi connectivity index (χ0n) is 14.5. The summed E-state index contributed by atoms with van der Waals surface area (Å²) in [5, 5.41) is 7.71. The van der Waals surface area contributed by atoms with E-state index in [1.54, 1.807) is 18.2 Å². The highest BCUT2D eigenvalue weighted by Gasteiger charge is 2.16. The van der Waals surface area contributed by atoms with E-state index in [4.69, 9.17) is 9.15 Å². The Morgan fingerprint density at radius 1 is 1.07 bits per heavy atom. The number of hydrogen-bond acceptors (Lipinski definition) is 7. The average Bonchev–Trinajstić information content (AvgIpc) is 3.15. The van der Waals surface area contributed by atoms with Crippen molar-refractivity contribution in [2.45, 2.75) is 18.4 Å². The maximum atomic E-state index is 12.0. The quantitative estimate of drug-likeness (QED) is 0.618. The molecule has 1 N–H and O–H groups in total. The fourth-order valence-electron chi connectivity index (χ4n) is 2.15. The summed E-state index contributed by atoms with van der Waals surface area (Å²) in [5.41, 5.74) is 1.85. The summed E-state index contributed by atoms with van der Waals surface area (Å²) in [6.07, 6.45) is 0. The molecule has 0 aliphatic heterocycles. The Balaban J connectivity index is 1.52. The summed E-state index contributed by atoms with van der Waals surface area (Å²) < 4.78 is 36.7. The first-order chi connectivity index (χ1) is 12.9. The Hall–Kier alpha value is -3.04. The van der Waals surface area contributed by atoms with Crippen molar-refractivity contribution in [2.75, 3.05) is 6.54 Å². The van der Waals surface area contributed by atoms with E-state index in [9.17, 15) is 13.2 Å². The van der Waals surface area contributed by atoms with Gasteiger partial charge in [0.15, 0.2) is 6.61 Å². The molecule has 0 saturated heterocycles. The molecule has 0 atom stereocenters. The van der Waals surface area contributed by atoms with E-state index in [0.717, 1.165) is 11.1 Å². The zero-order valence-corrected chi connectivity index (χ0v) is 15.3. The van der Waals surface area contributed by atoms with Crippen LogP contribution in [0, 0.1) is 6.92 Å². The predicted molar refractivity (Wildman–Crippen MR) is 95.9 cm³/mol. The fourth-order valence-corrected chi connectivity index (χ4v) is 3.14. The average molecular weight is 387 g/mol. The molecular formula is C18H17N3O5S. The van der Waals surface area contributed by atoms with E-state index in [-0.39, 0.29) is 17.4 Å². The highest BCUT2D eigenvalue weighted by atomic mass is 32.2. The van der Waals surface area contributed by atoms with E-state index in [1.807, 2.05) is 31.2 Å². The molecule has 0 aliphatic rings. The summed E-state index contributed by atoms with van der Waals surface area (Å²) in [6, 6.07) is 15.3. The third kappa shape index (κ3) is 4.99. The van der Waals surface area contributed by atoms with E-state index in [1.165, 1.54) is 12.1 Å². The van der Waals surface area contributed by atoms with Crippen molar-refractivity contribution >= 4 is 16.0 Å². The van der Waals surface area contributed by atoms with Crippen molar-refractivity contribution < 1.29 is 22.4 Å². The first kappa shape index (κ1) is 18.7. The van der Waals surface area contributed by atoms with Crippen LogP contribution in [0.15, 0.2) is 63.9 Å². The number of hydrogen-bond donors (Lipinski definition) is 1. The molecule has 3 rings (SSSR count). The highest BCUT2D eigenvalue weighted by molar-refractivity contribution is 7.89. The molecule has 0 radical (unpaired) electrons. The van der Waals surface area contributed by atoms with E-state index in [2.05, 4.69) is 14.9 Å². The van der Waals surface area contributed by atoms with E-state index in [0.29, 0.717) is 5.89 Å². The number of aromatic nitrogens is 2. The van der Waals surface area contributed by atoms with Crippen molar-refractivity contribution in [1.82, 2.24) is 14.9 Å². The third-order valence-corrected chi connectivity index (χ3v) is 5.00. The van der Waals surface area contributed by atoms with Gasteiger partial charge in [-0.25, -0.2) is 8.42 Å². The smallest absolute Gasteiger partial charge is 0.321 e. The summed E-state index contributed by atoms with van der Waals surface area (Å²) >= 11 is 0. The molecule has 3 aromatic rings. The number of carbonyl (C=O) groups excluding carboxylic acids is 1. The monoisotopic (exact) mass is 387 g/mol. The first-order valence-corrected chi connectivity index (χ1v) is 9.52. The van der Waals surface area contributed by atoms with Gasteiger partial charge in [0.1, 0.15) is 6.54 Å². The SMILES string of the molecule is Cc1ccc(-c2nnc(COC(=O)CNS(=O)(=O)c3ccccc3)o2)cc1. The fraction of sp³-hybridized carbons (Fsp3) is 0.167. The number of rotatable bonds is 7. The second-order valence-electron chi connectivity index (χ2n) is 5.67. The lowest BCUT2D eigenvalue weighted by Gasteiger charge is -2.06. The van der Waals surface area contributed by atoms with Crippen LogP contribution >= 0.6 is 0 Å².